The Labute approximate surface area is 249 Å². The van der Waals surface area contributed by atoms with E-state index in [0.29, 0.717) is 38.1 Å². The Hall–Kier alpha value is -2.55. The molecule has 42 heavy (non-hydrogen) atoms. The van der Waals surface area contributed by atoms with Crippen LogP contribution in [0.15, 0.2) is 30.9 Å². The number of likely N-dealkylation sites (tertiary alicyclic amines) is 1. The van der Waals surface area contributed by atoms with Gasteiger partial charge in [0.25, 0.3) is 0 Å². The highest BCUT2D eigenvalue weighted by Gasteiger charge is 2.50. The number of likely N-dealkylation sites (N-methyl/N-ethyl adjacent to an activating group) is 1. The fraction of sp³-hybridized carbons (Fsp3) is 0.688. The highest BCUT2D eigenvalue weighted by Crippen LogP contribution is 2.48. The number of carbonyl (C=O) groups is 1. The number of benzene rings is 1. The van der Waals surface area contributed by atoms with Gasteiger partial charge in [0.2, 0.25) is 5.91 Å². The fourth-order valence-corrected chi connectivity index (χ4v) is 8.56. The number of hydrogen-bond donors (Lipinski definition) is 2. The van der Waals surface area contributed by atoms with Crippen LogP contribution in [0.3, 0.4) is 0 Å². The molecule has 9 nitrogen and oxygen atoms in total. The van der Waals surface area contributed by atoms with E-state index in [2.05, 4.69) is 52.1 Å². The van der Waals surface area contributed by atoms with Crippen molar-refractivity contribution in [2.24, 2.45) is 11.3 Å². The van der Waals surface area contributed by atoms with Crippen LogP contribution in [0.5, 0.6) is 0 Å². The second-order valence-electron chi connectivity index (χ2n) is 13.3. The molecule has 3 saturated heterocycles. The van der Waals surface area contributed by atoms with E-state index in [-0.39, 0.29) is 41.7 Å². The van der Waals surface area contributed by atoms with Crippen LogP contribution in [-0.2, 0) is 16.0 Å². The van der Waals surface area contributed by atoms with Gasteiger partial charge in [-0.05, 0) is 81.3 Å². The first-order valence-electron chi connectivity index (χ1n) is 15.7. The molecule has 6 unspecified atom stereocenters. The van der Waals surface area contributed by atoms with E-state index in [4.69, 9.17) is 4.74 Å². The van der Waals surface area contributed by atoms with E-state index in [0.717, 1.165) is 57.4 Å². The summed E-state index contributed by atoms with van der Waals surface area (Å²) in [5.74, 6) is 0.0867. The molecule has 4 fully saturated rings. The maximum absolute atomic E-state index is 14.0. The van der Waals surface area contributed by atoms with Crippen molar-refractivity contribution < 1.29 is 13.9 Å². The molecule has 0 aromatic heterocycles. The van der Waals surface area contributed by atoms with E-state index in [1.807, 2.05) is 11.0 Å². The van der Waals surface area contributed by atoms with Crippen LogP contribution in [0.4, 0.5) is 10.1 Å². The molecular formula is C32H46FN7O2. The Balaban J connectivity index is 1.22. The molecule has 7 atom stereocenters. The van der Waals surface area contributed by atoms with Gasteiger partial charge >= 0.3 is 0 Å². The van der Waals surface area contributed by atoms with Gasteiger partial charge in [0.1, 0.15) is 5.82 Å². The Morgan fingerprint density at radius 2 is 2.10 bits per heavy atom. The lowest BCUT2D eigenvalue weighted by Gasteiger charge is -2.57. The minimum Gasteiger partial charge on any atom is -0.374 e. The number of nitrogens with one attached hydrogen (secondary N) is 2. The molecule has 1 aromatic rings. The average Bonchev–Trinajstić information content (AvgIpc) is 3.40. The minimum absolute atomic E-state index is 0.0878. The largest absolute Gasteiger partial charge is 0.374 e. The first-order valence-corrected chi connectivity index (χ1v) is 15.7. The van der Waals surface area contributed by atoms with Crippen molar-refractivity contribution in [3.05, 3.63) is 42.2 Å². The molecule has 1 spiro atoms. The number of nitrogens with zero attached hydrogens (tertiary/aromatic N) is 5. The monoisotopic (exact) mass is 579 g/mol. The lowest BCUT2D eigenvalue weighted by Crippen LogP contribution is -2.73. The van der Waals surface area contributed by atoms with Gasteiger partial charge in [0.05, 0.1) is 31.3 Å². The number of ether oxygens (including phenoxy) is 1. The van der Waals surface area contributed by atoms with Crippen molar-refractivity contribution in [1.82, 2.24) is 25.3 Å². The summed E-state index contributed by atoms with van der Waals surface area (Å²) in [4.78, 5) is 21.5. The number of fused-ring (bicyclic) bond motifs is 2. The molecule has 10 heteroatoms. The van der Waals surface area contributed by atoms with Gasteiger partial charge in [-0.1, -0.05) is 12.6 Å². The van der Waals surface area contributed by atoms with Gasteiger partial charge in [-0.2, -0.15) is 5.26 Å². The molecule has 0 bridgehead atoms. The lowest BCUT2D eigenvalue weighted by molar-refractivity contribution is -0.137. The van der Waals surface area contributed by atoms with Crippen LogP contribution in [0, 0.1) is 28.5 Å². The van der Waals surface area contributed by atoms with E-state index >= 15 is 0 Å². The zero-order chi connectivity index (χ0) is 29.4. The zero-order valence-electron chi connectivity index (χ0n) is 25.1. The van der Waals surface area contributed by atoms with Crippen molar-refractivity contribution in [3.8, 4) is 6.07 Å². The summed E-state index contributed by atoms with van der Waals surface area (Å²) in [6, 6.07) is 8.06. The van der Waals surface area contributed by atoms with Gasteiger partial charge in [-0.25, -0.2) is 4.39 Å². The van der Waals surface area contributed by atoms with Crippen LogP contribution in [0.1, 0.15) is 44.1 Å². The number of anilines is 1. The first kappa shape index (κ1) is 29.5. The molecular weight excluding hydrogens is 533 g/mol. The van der Waals surface area contributed by atoms with Gasteiger partial charge in [-0.3, -0.25) is 20.3 Å². The molecule has 1 aromatic carbocycles. The van der Waals surface area contributed by atoms with Crippen LogP contribution in [-0.4, -0.2) is 105 Å². The summed E-state index contributed by atoms with van der Waals surface area (Å²) < 4.78 is 20.6. The van der Waals surface area contributed by atoms with Crippen molar-refractivity contribution in [3.63, 3.8) is 0 Å². The summed E-state index contributed by atoms with van der Waals surface area (Å²) in [5, 5.41) is 17.2. The summed E-state index contributed by atoms with van der Waals surface area (Å²) in [6.45, 7) is 8.36. The van der Waals surface area contributed by atoms with Crippen LogP contribution < -0.4 is 15.5 Å². The number of halogens is 1. The summed E-state index contributed by atoms with van der Waals surface area (Å²) in [7, 11) is 4.27. The molecule has 0 radical (unpaired) electrons. The molecule has 2 N–H and O–H groups in total. The third kappa shape index (κ3) is 5.82. The third-order valence-corrected chi connectivity index (χ3v) is 10.7. The normalized spacial score (nSPS) is 35.5. The zero-order valence-corrected chi connectivity index (χ0v) is 25.1. The summed E-state index contributed by atoms with van der Waals surface area (Å²) in [6.07, 6.45) is 7.99. The second kappa shape index (κ2) is 12.2. The number of piperazine rings is 1. The quantitative estimate of drug-likeness (QED) is 0.498. The minimum atomic E-state index is -0.273. The SMILES string of the molecule is C=CC(=O)N1CCN(C2NC(OCC3CCCN3C)NC3C[C@]4(CCC32)Cc2ccc(F)cc2N(C)C4)CC1CC#N. The maximum Gasteiger partial charge on any atom is 0.246 e. The van der Waals surface area contributed by atoms with Gasteiger partial charge in [0, 0.05) is 56.9 Å². The summed E-state index contributed by atoms with van der Waals surface area (Å²) in [5.41, 5.74) is 2.36. The molecule has 1 amide bonds. The van der Waals surface area contributed by atoms with E-state index in [1.54, 1.807) is 12.1 Å². The number of amides is 1. The smallest absolute Gasteiger partial charge is 0.246 e. The fourth-order valence-electron chi connectivity index (χ4n) is 8.56. The molecule has 228 valence electrons. The lowest BCUT2D eigenvalue weighted by atomic mass is 9.62. The molecule has 5 aliphatic rings. The predicted octanol–water partition coefficient (Wildman–Crippen LogP) is 2.50. The van der Waals surface area contributed by atoms with Gasteiger partial charge < -0.3 is 19.4 Å². The van der Waals surface area contributed by atoms with Crippen molar-refractivity contribution in [2.45, 2.75) is 75.6 Å². The molecule has 1 saturated carbocycles. The highest BCUT2D eigenvalue weighted by molar-refractivity contribution is 5.87. The Bertz CT molecular complexity index is 1210. The van der Waals surface area contributed by atoms with Crippen LogP contribution >= 0.6 is 0 Å². The average molecular weight is 580 g/mol. The van der Waals surface area contributed by atoms with Crippen molar-refractivity contribution >= 4 is 11.6 Å². The maximum atomic E-state index is 14.0. The van der Waals surface area contributed by atoms with E-state index in [9.17, 15) is 14.4 Å². The van der Waals surface area contributed by atoms with E-state index < -0.39 is 0 Å². The van der Waals surface area contributed by atoms with Gasteiger partial charge in [0.15, 0.2) is 6.35 Å². The Kier molecular flexibility index (Phi) is 8.58. The predicted molar refractivity (Wildman–Crippen MR) is 160 cm³/mol. The topological polar surface area (TPSA) is 87.1 Å². The van der Waals surface area contributed by atoms with Gasteiger partial charge in [-0.15, -0.1) is 0 Å². The second-order valence-corrected chi connectivity index (χ2v) is 13.3. The molecule has 4 heterocycles. The summed E-state index contributed by atoms with van der Waals surface area (Å²) >= 11 is 0. The van der Waals surface area contributed by atoms with Crippen LogP contribution in [0.2, 0.25) is 0 Å². The van der Waals surface area contributed by atoms with E-state index in [1.165, 1.54) is 18.1 Å². The number of rotatable bonds is 6. The third-order valence-electron chi connectivity index (χ3n) is 10.7. The van der Waals surface area contributed by atoms with Crippen molar-refractivity contribution in [1.29, 1.82) is 5.26 Å². The van der Waals surface area contributed by atoms with Crippen LogP contribution in [0.25, 0.3) is 0 Å². The standard InChI is InChI=1S/C32H46FN7O2/c1-4-29(41)40-15-14-39(19-24(40)10-12-34)30-26-9-11-32(17-22-7-8-23(33)16-28(22)38(3)21-32)18-27(26)35-31(36-30)42-20-25-6-5-13-37(25)2/h4,7-8,16,24-27,30-31,35-36H,1,5-6,9-11,13-15,17-21H2,2-3H3/t24?,25?,26?,27?,30?,31?,32-/m0/s1. The molecule has 4 aliphatic heterocycles. The Morgan fingerprint density at radius 1 is 1.24 bits per heavy atom. The number of carbonyl (C=O) groups excluding carboxylic acids is 1. The molecule has 6 rings (SSSR count). The number of hydrogen-bond acceptors (Lipinski definition) is 8. The molecule has 1 aliphatic carbocycles. The van der Waals surface area contributed by atoms with Crippen molar-refractivity contribution in [2.75, 3.05) is 58.3 Å². The Morgan fingerprint density at radius 3 is 2.86 bits per heavy atom. The first-order chi connectivity index (χ1) is 20.3. The number of nitriles is 1. The highest BCUT2D eigenvalue weighted by atomic mass is 19.1.